The van der Waals surface area contributed by atoms with Crippen molar-refractivity contribution in [1.82, 2.24) is 9.88 Å². The Morgan fingerprint density at radius 1 is 1.33 bits per heavy atom. The second kappa shape index (κ2) is 8.60. The van der Waals surface area contributed by atoms with Gasteiger partial charge in [-0.2, -0.15) is 16.7 Å². The number of aromatic nitrogens is 1. The number of hydrogen-bond acceptors (Lipinski definition) is 6. The minimum atomic E-state index is -0.390. The summed E-state index contributed by atoms with van der Waals surface area (Å²) in [6.07, 6.45) is 2.75. The molecule has 1 aromatic heterocycles. The standard InChI is InChI=1S/C16H22N4O2S.ClH/c1-23-11-6-12(17)15(21)19-7-9-20(10-8-19)16-18-13-4-2-3-5-14(13)22-16;/h2-5,12H,6-11,17H2,1H3;1H/t12-;/m0./s1. The van der Waals surface area contributed by atoms with E-state index in [2.05, 4.69) is 9.88 Å². The van der Waals surface area contributed by atoms with Gasteiger partial charge in [0.15, 0.2) is 5.58 Å². The molecule has 24 heavy (non-hydrogen) atoms. The van der Waals surface area contributed by atoms with Gasteiger partial charge in [-0.25, -0.2) is 0 Å². The highest BCUT2D eigenvalue weighted by atomic mass is 35.5. The Balaban J connectivity index is 0.00000208. The highest BCUT2D eigenvalue weighted by Gasteiger charge is 2.26. The van der Waals surface area contributed by atoms with Gasteiger partial charge < -0.3 is 20.0 Å². The van der Waals surface area contributed by atoms with E-state index < -0.39 is 6.04 Å². The molecule has 0 radical (unpaired) electrons. The fraction of sp³-hybridized carbons (Fsp3) is 0.500. The van der Waals surface area contributed by atoms with Crippen LogP contribution in [0.15, 0.2) is 28.7 Å². The number of carbonyl (C=O) groups is 1. The minimum absolute atomic E-state index is 0. The van der Waals surface area contributed by atoms with Crippen LogP contribution in [0.3, 0.4) is 0 Å². The van der Waals surface area contributed by atoms with E-state index in [9.17, 15) is 4.79 Å². The molecule has 1 aromatic carbocycles. The molecule has 6 nitrogen and oxygen atoms in total. The Morgan fingerprint density at radius 2 is 2.04 bits per heavy atom. The summed E-state index contributed by atoms with van der Waals surface area (Å²) in [5.74, 6) is 0.965. The van der Waals surface area contributed by atoms with Gasteiger partial charge in [0.25, 0.3) is 6.01 Å². The number of carbonyl (C=O) groups excluding carboxylic acids is 1. The average Bonchev–Trinajstić information content (AvgIpc) is 3.03. The number of piperazine rings is 1. The van der Waals surface area contributed by atoms with E-state index in [1.807, 2.05) is 35.4 Å². The van der Waals surface area contributed by atoms with Crippen LogP contribution in [0.2, 0.25) is 0 Å². The summed E-state index contributed by atoms with van der Waals surface area (Å²) in [6, 6.07) is 7.97. The smallest absolute Gasteiger partial charge is 0.298 e. The number of para-hydroxylation sites is 2. The van der Waals surface area contributed by atoms with Gasteiger partial charge in [-0.3, -0.25) is 4.79 Å². The van der Waals surface area contributed by atoms with Gasteiger partial charge in [0.05, 0.1) is 6.04 Å². The number of rotatable bonds is 5. The quantitative estimate of drug-likeness (QED) is 0.867. The molecule has 1 aliphatic heterocycles. The maximum absolute atomic E-state index is 12.3. The van der Waals surface area contributed by atoms with Crippen molar-refractivity contribution >= 4 is 47.2 Å². The molecule has 0 unspecified atom stereocenters. The number of anilines is 1. The van der Waals surface area contributed by atoms with Crippen LogP contribution >= 0.6 is 24.2 Å². The zero-order valence-corrected chi connectivity index (χ0v) is 15.3. The van der Waals surface area contributed by atoms with Crippen molar-refractivity contribution < 1.29 is 9.21 Å². The highest BCUT2D eigenvalue weighted by Crippen LogP contribution is 2.22. The third-order valence-corrected chi connectivity index (χ3v) is 4.74. The van der Waals surface area contributed by atoms with Crippen LogP contribution in [0.4, 0.5) is 6.01 Å². The van der Waals surface area contributed by atoms with Crippen LogP contribution in [-0.4, -0.2) is 60.0 Å². The predicted molar refractivity (Wildman–Crippen MR) is 101 cm³/mol. The van der Waals surface area contributed by atoms with Gasteiger partial charge in [-0.15, -0.1) is 12.4 Å². The third kappa shape index (κ3) is 4.15. The van der Waals surface area contributed by atoms with Crippen LogP contribution in [0.25, 0.3) is 11.1 Å². The molecule has 8 heteroatoms. The van der Waals surface area contributed by atoms with E-state index in [1.165, 1.54) is 0 Å². The summed E-state index contributed by atoms with van der Waals surface area (Å²) in [4.78, 5) is 20.8. The zero-order valence-electron chi connectivity index (χ0n) is 13.7. The Labute approximate surface area is 152 Å². The molecule has 0 bridgehead atoms. The summed E-state index contributed by atoms with van der Waals surface area (Å²) in [5, 5.41) is 0. The number of amides is 1. The van der Waals surface area contributed by atoms with Gasteiger partial charge in [0.1, 0.15) is 5.52 Å². The Morgan fingerprint density at radius 3 is 2.71 bits per heavy atom. The van der Waals surface area contributed by atoms with Gasteiger partial charge in [-0.05, 0) is 30.6 Å². The number of thioether (sulfide) groups is 1. The molecule has 1 saturated heterocycles. The molecule has 1 atom stereocenters. The normalized spacial score (nSPS) is 16.1. The molecule has 1 fully saturated rings. The molecule has 1 aliphatic rings. The third-order valence-electron chi connectivity index (χ3n) is 4.09. The number of hydrogen-bond donors (Lipinski definition) is 1. The molecule has 2 aromatic rings. The topological polar surface area (TPSA) is 75.6 Å². The first-order valence-electron chi connectivity index (χ1n) is 7.83. The Bertz CT molecular complexity index is 640. The van der Waals surface area contributed by atoms with E-state index in [1.54, 1.807) is 11.8 Å². The van der Waals surface area contributed by atoms with Crippen molar-refractivity contribution in [3.05, 3.63) is 24.3 Å². The van der Waals surface area contributed by atoms with Gasteiger partial charge >= 0.3 is 0 Å². The highest BCUT2D eigenvalue weighted by molar-refractivity contribution is 7.98. The maximum Gasteiger partial charge on any atom is 0.298 e. The minimum Gasteiger partial charge on any atom is -0.423 e. The fourth-order valence-electron chi connectivity index (χ4n) is 2.72. The van der Waals surface area contributed by atoms with Gasteiger partial charge in [0, 0.05) is 26.2 Å². The molecule has 1 amide bonds. The summed E-state index contributed by atoms with van der Waals surface area (Å²) in [5.41, 5.74) is 7.63. The lowest BCUT2D eigenvalue weighted by Crippen LogP contribution is -2.53. The SMILES string of the molecule is CSCC[C@H](N)C(=O)N1CCN(c2nc3ccccc3o2)CC1.Cl. The lowest BCUT2D eigenvalue weighted by molar-refractivity contribution is -0.132. The number of oxazole rings is 1. The first-order chi connectivity index (χ1) is 11.2. The van der Waals surface area contributed by atoms with E-state index in [0.29, 0.717) is 32.2 Å². The first-order valence-corrected chi connectivity index (χ1v) is 9.22. The van der Waals surface area contributed by atoms with Crippen molar-refractivity contribution in [2.75, 3.05) is 43.1 Å². The van der Waals surface area contributed by atoms with Crippen molar-refractivity contribution in [3.63, 3.8) is 0 Å². The van der Waals surface area contributed by atoms with E-state index >= 15 is 0 Å². The fourth-order valence-corrected chi connectivity index (χ4v) is 3.21. The largest absolute Gasteiger partial charge is 0.423 e. The van der Waals surface area contributed by atoms with Crippen LogP contribution in [0.5, 0.6) is 0 Å². The lowest BCUT2D eigenvalue weighted by Gasteiger charge is -2.35. The van der Waals surface area contributed by atoms with E-state index in [-0.39, 0.29) is 18.3 Å². The first kappa shape index (κ1) is 18.9. The number of halogens is 1. The molecule has 0 aliphatic carbocycles. The van der Waals surface area contributed by atoms with Crippen molar-refractivity contribution in [3.8, 4) is 0 Å². The Kier molecular flexibility index (Phi) is 6.77. The van der Waals surface area contributed by atoms with Gasteiger partial charge in [0.2, 0.25) is 5.91 Å². The molecule has 2 N–H and O–H groups in total. The molecule has 0 saturated carbocycles. The number of nitrogens with zero attached hydrogens (tertiary/aromatic N) is 3. The van der Waals surface area contributed by atoms with E-state index in [4.69, 9.17) is 10.2 Å². The zero-order chi connectivity index (χ0) is 16.2. The number of nitrogens with two attached hydrogens (primary N) is 1. The molecule has 132 valence electrons. The van der Waals surface area contributed by atoms with Crippen LogP contribution in [-0.2, 0) is 4.79 Å². The summed E-state index contributed by atoms with van der Waals surface area (Å²) in [7, 11) is 0. The second-order valence-corrected chi connectivity index (χ2v) is 6.65. The maximum atomic E-state index is 12.3. The van der Waals surface area contributed by atoms with Crippen molar-refractivity contribution in [2.24, 2.45) is 5.73 Å². The molecule has 2 heterocycles. The van der Waals surface area contributed by atoms with Gasteiger partial charge in [-0.1, -0.05) is 12.1 Å². The van der Waals surface area contributed by atoms with Crippen LogP contribution in [0.1, 0.15) is 6.42 Å². The molecular weight excluding hydrogens is 348 g/mol. The molecule has 3 rings (SSSR count). The summed E-state index contributed by atoms with van der Waals surface area (Å²) in [6.45, 7) is 2.75. The predicted octanol–water partition coefficient (Wildman–Crippen LogP) is 1.98. The van der Waals surface area contributed by atoms with Crippen molar-refractivity contribution in [2.45, 2.75) is 12.5 Å². The van der Waals surface area contributed by atoms with Crippen LogP contribution in [0, 0.1) is 0 Å². The number of fused-ring (bicyclic) bond motifs is 1. The lowest BCUT2D eigenvalue weighted by atomic mass is 10.2. The van der Waals surface area contributed by atoms with Crippen molar-refractivity contribution in [1.29, 1.82) is 0 Å². The molecule has 0 spiro atoms. The summed E-state index contributed by atoms with van der Waals surface area (Å²) < 4.78 is 5.79. The van der Waals surface area contributed by atoms with E-state index in [0.717, 1.165) is 23.3 Å². The summed E-state index contributed by atoms with van der Waals surface area (Å²) >= 11 is 1.71. The van der Waals surface area contributed by atoms with Crippen LogP contribution < -0.4 is 10.6 Å². The second-order valence-electron chi connectivity index (χ2n) is 5.66. The monoisotopic (exact) mass is 370 g/mol. The Hall–Kier alpha value is -1.44. The number of benzene rings is 1. The average molecular weight is 371 g/mol. The molecular formula is C16H23ClN4O2S.